The largest absolute Gasteiger partial charge is 0.460 e. The molecule has 0 saturated carbocycles. The van der Waals surface area contributed by atoms with Crippen molar-refractivity contribution in [1.29, 1.82) is 0 Å². The third-order valence-corrected chi connectivity index (χ3v) is 5.61. The van der Waals surface area contributed by atoms with Crippen molar-refractivity contribution in [3.63, 3.8) is 0 Å². The highest BCUT2D eigenvalue weighted by atomic mass is 35.5. The summed E-state index contributed by atoms with van der Waals surface area (Å²) >= 11 is 5.69. The molecule has 34 heavy (non-hydrogen) atoms. The van der Waals surface area contributed by atoms with Gasteiger partial charge < -0.3 is 4.18 Å². The number of rotatable bonds is 8. The zero-order valence-electron chi connectivity index (χ0n) is 16.1. The van der Waals surface area contributed by atoms with Crippen molar-refractivity contribution in [3.05, 3.63) is 70.8 Å². The molecule has 186 valence electrons. The second-order valence-corrected chi connectivity index (χ2v) is 8.47. The average molecular weight is 541 g/mol. The van der Waals surface area contributed by atoms with E-state index < -0.39 is 50.5 Å². The Labute approximate surface area is 190 Å². The van der Waals surface area contributed by atoms with Crippen LogP contribution in [0.15, 0.2) is 54.6 Å². The number of ketones is 1. The van der Waals surface area contributed by atoms with E-state index in [9.17, 15) is 52.7 Å². The molecule has 0 heterocycles. The van der Waals surface area contributed by atoms with Crippen molar-refractivity contribution in [2.75, 3.05) is 0 Å². The molecule has 0 spiro atoms. The van der Waals surface area contributed by atoms with Gasteiger partial charge in [0.2, 0.25) is 0 Å². The fourth-order valence-electron chi connectivity index (χ4n) is 2.27. The first kappa shape index (κ1) is 27.5. The lowest BCUT2D eigenvalue weighted by Crippen LogP contribution is -2.63. The van der Waals surface area contributed by atoms with Crippen molar-refractivity contribution in [3.8, 4) is 5.75 Å². The quantitative estimate of drug-likeness (QED) is 0.169. The van der Waals surface area contributed by atoms with E-state index in [4.69, 9.17) is 11.6 Å². The van der Waals surface area contributed by atoms with Crippen LogP contribution in [0.2, 0.25) is 5.02 Å². The molecule has 0 unspecified atom stereocenters. The first-order valence-electron chi connectivity index (χ1n) is 8.56. The summed E-state index contributed by atoms with van der Waals surface area (Å²) in [5.41, 5.74) is -0.415. The van der Waals surface area contributed by atoms with Gasteiger partial charge in [-0.3, -0.25) is 4.79 Å². The number of benzene rings is 2. The molecule has 0 saturated heterocycles. The SMILES string of the molecule is O=C(/C=C/c1ccc(Cl)cc1)c1ccccc1OS(=O)(=O)C(F)(F)C(F)(F)C(F)(F)C(F)(F)F. The number of carbonyl (C=O) groups excluding carboxylic acids is 1. The Morgan fingerprint density at radius 1 is 0.824 bits per heavy atom. The fraction of sp³-hybridized carbons (Fsp3) is 0.211. The topological polar surface area (TPSA) is 60.4 Å². The third kappa shape index (κ3) is 5.02. The summed E-state index contributed by atoms with van der Waals surface area (Å²) in [6, 6.07) is 9.07. The van der Waals surface area contributed by atoms with Gasteiger partial charge in [-0.2, -0.15) is 47.9 Å². The summed E-state index contributed by atoms with van der Waals surface area (Å²) in [5, 5.41) is -6.71. The van der Waals surface area contributed by atoms with Gasteiger partial charge in [-0.25, -0.2) is 0 Å². The second-order valence-electron chi connectivity index (χ2n) is 6.45. The zero-order valence-corrected chi connectivity index (χ0v) is 17.7. The number of carbonyl (C=O) groups is 1. The van der Waals surface area contributed by atoms with E-state index in [1.807, 2.05) is 0 Å². The lowest BCUT2D eigenvalue weighted by atomic mass is 10.1. The Balaban J connectivity index is 2.41. The van der Waals surface area contributed by atoms with Crippen LogP contribution in [0, 0.1) is 0 Å². The smallest absolute Gasteiger partial charge is 0.377 e. The highest BCUT2D eigenvalue weighted by Gasteiger charge is 2.86. The summed E-state index contributed by atoms with van der Waals surface area (Å²) in [7, 11) is -7.20. The standard InChI is InChI=1S/C19H10ClF9O4S/c20-12-8-5-11(6-9-12)7-10-14(30)13-3-1-2-4-15(13)33-34(31,32)19(28,29)17(23,24)16(21,22)18(25,26)27/h1-10H/b10-7+. The minimum Gasteiger partial charge on any atom is -0.377 e. The van der Waals surface area contributed by atoms with Crippen LogP contribution >= 0.6 is 11.6 Å². The summed E-state index contributed by atoms with van der Waals surface area (Å²) < 4.78 is 145. The van der Waals surface area contributed by atoms with Crippen molar-refractivity contribution in [2.24, 2.45) is 0 Å². The second kappa shape index (κ2) is 9.13. The lowest BCUT2D eigenvalue weighted by molar-refractivity contribution is -0.382. The van der Waals surface area contributed by atoms with Gasteiger partial charge in [0.25, 0.3) is 0 Å². The van der Waals surface area contributed by atoms with Crippen LogP contribution < -0.4 is 4.18 Å². The van der Waals surface area contributed by atoms with Gasteiger partial charge in [-0.1, -0.05) is 41.9 Å². The Morgan fingerprint density at radius 2 is 1.35 bits per heavy atom. The fourth-order valence-corrected chi connectivity index (χ4v) is 3.32. The lowest BCUT2D eigenvalue weighted by Gasteiger charge is -2.32. The normalized spacial score (nSPS) is 13.8. The zero-order chi connectivity index (χ0) is 26.2. The van der Waals surface area contributed by atoms with Crippen LogP contribution in [-0.4, -0.2) is 37.5 Å². The van der Waals surface area contributed by atoms with Gasteiger partial charge in [0, 0.05) is 5.02 Å². The Hall–Kier alpha value is -2.74. The Kier molecular flexibility index (Phi) is 7.39. The van der Waals surface area contributed by atoms with E-state index in [1.165, 1.54) is 24.3 Å². The molecule has 15 heteroatoms. The number of halogens is 10. The van der Waals surface area contributed by atoms with E-state index in [-0.39, 0.29) is 0 Å². The maximum absolute atomic E-state index is 13.9. The highest BCUT2D eigenvalue weighted by Crippen LogP contribution is 2.55. The molecule has 0 N–H and O–H groups in total. The number of hydrogen-bond acceptors (Lipinski definition) is 4. The molecule has 0 fully saturated rings. The van der Waals surface area contributed by atoms with Crippen LogP contribution in [0.25, 0.3) is 6.08 Å². The van der Waals surface area contributed by atoms with Crippen molar-refractivity contribution >= 4 is 33.6 Å². The van der Waals surface area contributed by atoms with Crippen LogP contribution in [0.4, 0.5) is 39.5 Å². The maximum Gasteiger partial charge on any atom is 0.460 e. The minimum absolute atomic E-state index is 0.348. The van der Waals surface area contributed by atoms with Crippen molar-refractivity contribution in [2.45, 2.75) is 23.3 Å². The third-order valence-electron chi connectivity index (χ3n) is 4.08. The molecule has 0 aromatic heterocycles. The summed E-state index contributed by atoms with van der Waals surface area (Å²) in [6.07, 6.45) is -5.27. The van der Waals surface area contributed by atoms with E-state index >= 15 is 0 Å². The monoisotopic (exact) mass is 540 g/mol. The van der Waals surface area contributed by atoms with Gasteiger partial charge in [0.15, 0.2) is 11.5 Å². The highest BCUT2D eigenvalue weighted by molar-refractivity contribution is 7.88. The molecular weight excluding hydrogens is 531 g/mol. The molecule has 2 aromatic rings. The molecule has 0 amide bonds. The summed E-state index contributed by atoms with van der Waals surface area (Å²) in [6.45, 7) is 0. The molecular formula is C19H10ClF9O4S. The van der Waals surface area contributed by atoms with Gasteiger partial charge in [0.1, 0.15) is 0 Å². The molecule has 0 aliphatic carbocycles. The number of allylic oxidation sites excluding steroid dienone is 1. The predicted octanol–water partition coefficient (Wildman–Crippen LogP) is 6.37. The molecule has 0 radical (unpaired) electrons. The number of para-hydroxylation sites is 1. The average Bonchev–Trinajstić information content (AvgIpc) is 2.72. The molecule has 4 nitrogen and oxygen atoms in total. The van der Waals surface area contributed by atoms with Crippen LogP contribution in [-0.2, 0) is 10.1 Å². The van der Waals surface area contributed by atoms with E-state index in [2.05, 4.69) is 4.18 Å². The minimum atomic E-state index is -7.47. The van der Waals surface area contributed by atoms with Gasteiger partial charge in [-0.15, -0.1) is 0 Å². The first-order valence-corrected chi connectivity index (χ1v) is 10.3. The van der Waals surface area contributed by atoms with Crippen LogP contribution in [0.5, 0.6) is 5.75 Å². The Morgan fingerprint density at radius 3 is 1.88 bits per heavy atom. The van der Waals surface area contributed by atoms with Crippen molar-refractivity contribution in [1.82, 2.24) is 0 Å². The van der Waals surface area contributed by atoms with E-state index in [1.54, 1.807) is 0 Å². The van der Waals surface area contributed by atoms with Crippen LogP contribution in [0.1, 0.15) is 15.9 Å². The van der Waals surface area contributed by atoms with Crippen molar-refractivity contribution < 1.29 is 56.9 Å². The Bertz CT molecular complexity index is 1190. The number of hydrogen-bond donors (Lipinski definition) is 0. The van der Waals surface area contributed by atoms with Gasteiger partial charge in [-0.05, 0) is 35.9 Å². The molecule has 0 aliphatic heterocycles. The molecule has 0 aliphatic rings. The first-order chi connectivity index (χ1) is 15.3. The molecule has 2 rings (SSSR count). The molecule has 2 aromatic carbocycles. The van der Waals surface area contributed by atoms with Crippen LogP contribution in [0.3, 0.4) is 0 Å². The molecule has 0 bridgehead atoms. The van der Waals surface area contributed by atoms with Gasteiger partial charge in [0.05, 0.1) is 5.56 Å². The summed E-state index contributed by atoms with van der Waals surface area (Å²) in [4.78, 5) is 12.3. The summed E-state index contributed by atoms with van der Waals surface area (Å²) in [5.74, 6) is -17.4. The van der Waals surface area contributed by atoms with E-state index in [0.717, 1.165) is 30.4 Å². The number of alkyl halides is 9. The molecule has 0 atom stereocenters. The van der Waals surface area contributed by atoms with E-state index in [0.29, 0.717) is 16.7 Å². The van der Waals surface area contributed by atoms with Gasteiger partial charge >= 0.3 is 33.4 Å². The maximum atomic E-state index is 13.9. The predicted molar refractivity (Wildman–Crippen MR) is 102 cm³/mol.